The molecule has 0 aliphatic carbocycles. The minimum atomic E-state index is -0.737. The van der Waals surface area contributed by atoms with E-state index in [9.17, 15) is 14.7 Å². The third kappa shape index (κ3) is 5.09. The molecule has 0 spiro atoms. The van der Waals surface area contributed by atoms with Gasteiger partial charge in [-0.05, 0) is 71.6 Å². The summed E-state index contributed by atoms with van der Waals surface area (Å²) in [6.07, 6.45) is 2.18. The molecule has 0 bridgehead atoms. The van der Waals surface area contributed by atoms with E-state index >= 15 is 0 Å². The van der Waals surface area contributed by atoms with Gasteiger partial charge in [0.2, 0.25) is 5.91 Å². The first-order valence-electron chi connectivity index (χ1n) is 10.3. The molecule has 2 atom stereocenters. The van der Waals surface area contributed by atoms with Crippen molar-refractivity contribution in [3.8, 4) is 5.75 Å². The molecule has 1 aliphatic rings. The smallest absolute Gasteiger partial charge is 0.344 e. The molecular formula is C23H27BrN2O4. The van der Waals surface area contributed by atoms with Gasteiger partial charge in [0, 0.05) is 16.9 Å². The molecule has 0 saturated carbocycles. The van der Waals surface area contributed by atoms with Crippen LogP contribution in [0, 0.1) is 0 Å². The van der Waals surface area contributed by atoms with Gasteiger partial charge in [0.1, 0.15) is 0 Å². The summed E-state index contributed by atoms with van der Waals surface area (Å²) in [6.45, 7) is 4.89. The number of nitrogens with one attached hydrogen (secondary N) is 2. The fourth-order valence-corrected chi connectivity index (χ4v) is 3.97. The second-order valence-electron chi connectivity index (χ2n) is 7.47. The number of esters is 1. The summed E-state index contributed by atoms with van der Waals surface area (Å²) in [5.74, 6) is -0.379. The standard InChI is InChI=1S/C23H27BrN2O4/c1-3-4-13-25-14(2)22(28)16-9-11-19(21-15(16)10-12-20(27)26-21)30-23(29)17-7-5-6-8-18(17)24/h5-9,11,14,22,25,28H,3-4,10,12-13H2,1-2H3,(H,26,27). The Kier molecular flexibility index (Phi) is 7.64. The minimum Gasteiger partial charge on any atom is -0.421 e. The first-order valence-corrected chi connectivity index (χ1v) is 11.1. The van der Waals surface area contributed by atoms with Gasteiger partial charge in [-0.3, -0.25) is 4.79 Å². The molecule has 160 valence electrons. The predicted octanol–water partition coefficient (Wildman–Crippen LogP) is 4.36. The van der Waals surface area contributed by atoms with Gasteiger partial charge in [-0.1, -0.05) is 31.5 Å². The zero-order chi connectivity index (χ0) is 21.7. The van der Waals surface area contributed by atoms with Gasteiger partial charge in [0.15, 0.2) is 5.75 Å². The van der Waals surface area contributed by atoms with Crippen molar-refractivity contribution < 1.29 is 19.4 Å². The quantitative estimate of drug-likeness (QED) is 0.300. The Morgan fingerprint density at radius 3 is 2.77 bits per heavy atom. The highest BCUT2D eigenvalue weighted by molar-refractivity contribution is 9.10. The Bertz CT molecular complexity index is 931. The number of amides is 1. The molecule has 7 heteroatoms. The molecule has 1 heterocycles. The van der Waals surface area contributed by atoms with Gasteiger partial charge in [0.25, 0.3) is 0 Å². The number of halogens is 1. The third-order valence-electron chi connectivity index (χ3n) is 5.26. The molecule has 1 amide bonds. The molecule has 30 heavy (non-hydrogen) atoms. The molecule has 0 radical (unpaired) electrons. The maximum Gasteiger partial charge on any atom is 0.344 e. The van der Waals surface area contributed by atoms with Gasteiger partial charge in [-0.2, -0.15) is 0 Å². The number of aliphatic hydroxyl groups excluding tert-OH is 1. The number of rotatable bonds is 8. The summed E-state index contributed by atoms with van der Waals surface area (Å²) < 4.78 is 6.25. The van der Waals surface area contributed by atoms with Crippen LogP contribution in [0.25, 0.3) is 0 Å². The number of carbonyl (C=O) groups excluding carboxylic acids is 2. The van der Waals surface area contributed by atoms with E-state index < -0.39 is 12.1 Å². The van der Waals surface area contributed by atoms with Gasteiger partial charge in [-0.25, -0.2) is 4.79 Å². The molecule has 0 saturated heterocycles. The fourth-order valence-electron chi connectivity index (χ4n) is 3.52. The average Bonchev–Trinajstić information content (AvgIpc) is 2.74. The number of carbonyl (C=O) groups is 2. The van der Waals surface area contributed by atoms with Crippen LogP contribution in [0.15, 0.2) is 40.9 Å². The van der Waals surface area contributed by atoms with E-state index in [2.05, 4.69) is 33.5 Å². The number of fused-ring (bicyclic) bond motifs is 1. The number of anilines is 1. The van der Waals surface area contributed by atoms with Gasteiger partial charge >= 0.3 is 5.97 Å². The normalized spacial score (nSPS) is 15.1. The van der Waals surface area contributed by atoms with Crippen LogP contribution >= 0.6 is 15.9 Å². The van der Waals surface area contributed by atoms with Crippen LogP contribution in [0.4, 0.5) is 5.69 Å². The number of hydrogen-bond donors (Lipinski definition) is 3. The van der Waals surface area contributed by atoms with Crippen LogP contribution in [0.2, 0.25) is 0 Å². The Morgan fingerprint density at radius 1 is 1.27 bits per heavy atom. The Labute approximate surface area is 185 Å². The van der Waals surface area contributed by atoms with Crippen LogP contribution in [0.5, 0.6) is 5.75 Å². The van der Waals surface area contributed by atoms with E-state index in [1.165, 1.54) is 0 Å². The predicted molar refractivity (Wildman–Crippen MR) is 120 cm³/mol. The Morgan fingerprint density at radius 2 is 2.03 bits per heavy atom. The van der Waals surface area contributed by atoms with E-state index in [-0.39, 0.29) is 17.7 Å². The number of benzene rings is 2. The van der Waals surface area contributed by atoms with Crippen molar-refractivity contribution in [2.45, 2.75) is 51.7 Å². The highest BCUT2D eigenvalue weighted by Crippen LogP contribution is 2.38. The molecular weight excluding hydrogens is 448 g/mol. The van der Waals surface area contributed by atoms with Crippen molar-refractivity contribution in [3.63, 3.8) is 0 Å². The molecule has 6 nitrogen and oxygen atoms in total. The fraction of sp³-hybridized carbons (Fsp3) is 0.391. The number of unbranched alkanes of at least 4 members (excludes halogenated alkanes) is 1. The molecule has 3 rings (SSSR count). The molecule has 0 aromatic heterocycles. The van der Waals surface area contributed by atoms with E-state index in [1.54, 1.807) is 30.3 Å². The zero-order valence-corrected chi connectivity index (χ0v) is 18.8. The van der Waals surface area contributed by atoms with Crippen LogP contribution in [-0.4, -0.2) is 29.6 Å². The lowest BCUT2D eigenvalue weighted by Crippen LogP contribution is -2.34. The van der Waals surface area contributed by atoms with E-state index in [4.69, 9.17) is 4.74 Å². The highest BCUT2D eigenvalue weighted by atomic mass is 79.9. The number of hydrogen-bond acceptors (Lipinski definition) is 5. The second kappa shape index (κ2) is 10.2. The van der Waals surface area contributed by atoms with Crippen molar-refractivity contribution >= 4 is 33.5 Å². The van der Waals surface area contributed by atoms with E-state index in [1.807, 2.05) is 13.0 Å². The minimum absolute atomic E-state index is 0.138. The summed E-state index contributed by atoms with van der Waals surface area (Å²) in [5, 5.41) is 17.1. The average molecular weight is 475 g/mol. The lowest BCUT2D eigenvalue weighted by molar-refractivity contribution is -0.116. The van der Waals surface area contributed by atoms with Crippen molar-refractivity contribution in [2.75, 3.05) is 11.9 Å². The van der Waals surface area contributed by atoms with Crippen LogP contribution in [0.3, 0.4) is 0 Å². The zero-order valence-electron chi connectivity index (χ0n) is 17.2. The van der Waals surface area contributed by atoms with Crippen molar-refractivity contribution in [2.24, 2.45) is 0 Å². The summed E-state index contributed by atoms with van der Waals surface area (Å²) in [7, 11) is 0. The van der Waals surface area contributed by atoms with Crippen molar-refractivity contribution in [3.05, 3.63) is 57.6 Å². The van der Waals surface area contributed by atoms with E-state index in [0.717, 1.165) is 30.5 Å². The maximum absolute atomic E-state index is 12.7. The lowest BCUT2D eigenvalue weighted by Gasteiger charge is -2.27. The van der Waals surface area contributed by atoms with Crippen LogP contribution in [-0.2, 0) is 11.2 Å². The largest absolute Gasteiger partial charge is 0.421 e. The highest BCUT2D eigenvalue weighted by Gasteiger charge is 2.28. The molecule has 2 aromatic carbocycles. The van der Waals surface area contributed by atoms with E-state index in [0.29, 0.717) is 28.6 Å². The second-order valence-corrected chi connectivity index (χ2v) is 8.32. The molecule has 2 unspecified atom stereocenters. The molecule has 0 fully saturated rings. The van der Waals surface area contributed by atoms with Gasteiger partial charge < -0.3 is 20.5 Å². The SMILES string of the molecule is CCCCNC(C)C(O)c1ccc(OC(=O)c2ccccc2Br)c2c1CCC(=O)N2. The molecule has 3 N–H and O–H groups in total. The van der Waals surface area contributed by atoms with Crippen molar-refractivity contribution in [1.82, 2.24) is 5.32 Å². The summed E-state index contributed by atoms with van der Waals surface area (Å²) >= 11 is 3.36. The first-order chi connectivity index (χ1) is 14.4. The van der Waals surface area contributed by atoms with Gasteiger partial charge in [0.05, 0.1) is 17.4 Å². The summed E-state index contributed by atoms with van der Waals surface area (Å²) in [4.78, 5) is 24.7. The first kappa shape index (κ1) is 22.5. The Hall–Kier alpha value is -2.22. The summed E-state index contributed by atoms with van der Waals surface area (Å²) in [6, 6.07) is 10.3. The van der Waals surface area contributed by atoms with Crippen LogP contribution < -0.4 is 15.4 Å². The topological polar surface area (TPSA) is 87.7 Å². The maximum atomic E-state index is 12.7. The third-order valence-corrected chi connectivity index (χ3v) is 5.95. The molecule has 1 aliphatic heterocycles. The number of aliphatic hydroxyl groups is 1. The monoisotopic (exact) mass is 474 g/mol. The summed E-state index contributed by atoms with van der Waals surface area (Å²) in [5.41, 5.74) is 2.40. The van der Waals surface area contributed by atoms with Gasteiger partial charge in [-0.15, -0.1) is 0 Å². The molecule has 2 aromatic rings. The van der Waals surface area contributed by atoms with Crippen LogP contribution in [0.1, 0.15) is 60.7 Å². The Balaban J connectivity index is 1.88. The lowest BCUT2D eigenvalue weighted by atomic mass is 9.91. The number of ether oxygens (including phenoxy) is 1. The van der Waals surface area contributed by atoms with Crippen molar-refractivity contribution in [1.29, 1.82) is 0 Å².